The standard InChI is InChI=1S/C18H23N3O4/c1-21(11-16-7-4-8-24-16)18(22)17-9-13(19-20-17)12-25-15-6-3-5-14(10-15)23-2/h3,5-6,9-10,16H,4,7-8,11-12H2,1-2H3,(H,19,20)/t16-/m0/s1. The third-order valence-corrected chi connectivity index (χ3v) is 4.13. The summed E-state index contributed by atoms with van der Waals surface area (Å²) in [5.41, 5.74) is 1.11. The van der Waals surface area contributed by atoms with Gasteiger partial charge in [-0.1, -0.05) is 6.07 Å². The van der Waals surface area contributed by atoms with Gasteiger partial charge in [0, 0.05) is 26.3 Å². The maximum atomic E-state index is 12.4. The lowest BCUT2D eigenvalue weighted by atomic mass is 10.2. The van der Waals surface area contributed by atoms with Crippen molar-refractivity contribution >= 4 is 5.91 Å². The van der Waals surface area contributed by atoms with Crippen LogP contribution in [0.4, 0.5) is 0 Å². The van der Waals surface area contributed by atoms with Crippen LogP contribution in [0.25, 0.3) is 0 Å². The molecule has 1 aromatic heterocycles. The van der Waals surface area contributed by atoms with Crippen LogP contribution in [0.5, 0.6) is 11.5 Å². The molecule has 3 rings (SSSR count). The molecule has 1 amide bonds. The van der Waals surface area contributed by atoms with E-state index in [0.717, 1.165) is 30.9 Å². The molecule has 1 aliphatic heterocycles. The third-order valence-electron chi connectivity index (χ3n) is 4.13. The minimum absolute atomic E-state index is 0.126. The first-order valence-corrected chi connectivity index (χ1v) is 8.34. The van der Waals surface area contributed by atoms with Crippen LogP contribution in [0.3, 0.4) is 0 Å². The van der Waals surface area contributed by atoms with E-state index < -0.39 is 0 Å². The lowest BCUT2D eigenvalue weighted by Crippen LogP contribution is -2.34. The number of hydrogen-bond donors (Lipinski definition) is 1. The fourth-order valence-electron chi connectivity index (χ4n) is 2.77. The molecule has 0 spiro atoms. The summed E-state index contributed by atoms with van der Waals surface area (Å²) >= 11 is 0. The van der Waals surface area contributed by atoms with Crippen LogP contribution in [0.2, 0.25) is 0 Å². The quantitative estimate of drug-likeness (QED) is 0.833. The van der Waals surface area contributed by atoms with E-state index in [4.69, 9.17) is 14.2 Å². The number of rotatable bonds is 7. The van der Waals surface area contributed by atoms with Crippen LogP contribution >= 0.6 is 0 Å². The van der Waals surface area contributed by atoms with E-state index in [-0.39, 0.29) is 12.0 Å². The summed E-state index contributed by atoms with van der Waals surface area (Å²) in [4.78, 5) is 14.1. The Bertz CT molecular complexity index is 710. The van der Waals surface area contributed by atoms with E-state index in [2.05, 4.69) is 10.2 Å². The van der Waals surface area contributed by atoms with Gasteiger partial charge in [0.1, 0.15) is 18.1 Å². The SMILES string of the molecule is COc1cccc(OCc2cc(C(=O)N(C)C[C@@H]3CCCO3)n[nH]2)c1. The normalized spacial score (nSPS) is 16.6. The van der Waals surface area contributed by atoms with Crippen molar-refractivity contribution in [3.05, 3.63) is 41.7 Å². The molecule has 134 valence electrons. The number of H-pyrrole nitrogens is 1. The van der Waals surface area contributed by atoms with Crippen molar-refractivity contribution in [2.45, 2.75) is 25.6 Å². The lowest BCUT2D eigenvalue weighted by molar-refractivity contribution is 0.0582. The molecule has 1 N–H and O–H groups in total. The Balaban J connectivity index is 1.54. The van der Waals surface area contributed by atoms with Crippen molar-refractivity contribution in [3.8, 4) is 11.5 Å². The van der Waals surface area contributed by atoms with Crippen LogP contribution in [0.15, 0.2) is 30.3 Å². The number of aromatic amines is 1. The Morgan fingerprint density at radius 3 is 3.00 bits per heavy atom. The van der Waals surface area contributed by atoms with Crippen LogP contribution in [0.1, 0.15) is 29.0 Å². The van der Waals surface area contributed by atoms with E-state index in [1.807, 2.05) is 18.2 Å². The Morgan fingerprint density at radius 2 is 2.24 bits per heavy atom. The number of aromatic nitrogens is 2. The number of nitrogens with one attached hydrogen (secondary N) is 1. The van der Waals surface area contributed by atoms with E-state index in [9.17, 15) is 4.79 Å². The summed E-state index contributed by atoms with van der Waals surface area (Å²) in [5, 5.41) is 6.95. The van der Waals surface area contributed by atoms with Gasteiger partial charge in [0.2, 0.25) is 0 Å². The number of amides is 1. The molecule has 0 unspecified atom stereocenters. The molecule has 1 saturated heterocycles. The highest BCUT2D eigenvalue weighted by Crippen LogP contribution is 2.20. The largest absolute Gasteiger partial charge is 0.497 e. The van der Waals surface area contributed by atoms with E-state index in [1.54, 1.807) is 31.2 Å². The van der Waals surface area contributed by atoms with Crippen LogP contribution < -0.4 is 9.47 Å². The average molecular weight is 345 g/mol. The minimum atomic E-state index is -0.126. The van der Waals surface area contributed by atoms with Crippen molar-refractivity contribution in [3.63, 3.8) is 0 Å². The smallest absolute Gasteiger partial charge is 0.274 e. The maximum Gasteiger partial charge on any atom is 0.274 e. The van der Waals surface area contributed by atoms with Gasteiger partial charge in [-0.2, -0.15) is 5.10 Å². The Kier molecular flexibility index (Phi) is 5.55. The van der Waals surface area contributed by atoms with Crippen molar-refractivity contribution < 1.29 is 19.0 Å². The van der Waals surface area contributed by atoms with Crippen molar-refractivity contribution in [2.24, 2.45) is 0 Å². The molecule has 2 heterocycles. The highest BCUT2D eigenvalue weighted by molar-refractivity contribution is 5.92. The Morgan fingerprint density at radius 1 is 1.40 bits per heavy atom. The topological polar surface area (TPSA) is 76.7 Å². The number of benzene rings is 1. The van der Waals surface area contributed by atoms with Gasteiger partial charge in [0.25, 0.3) is 5.91 Å². The molecule has 1 aromatic carbocycles. The van der Waals surface area contributed by atoms with Crippen LogP contribution in [-0.2, 0) is 11.3 Å². The average Bonchev–Trinajstić information content (AvgIpc) is 3.31. The molecule has 2 aromatic rings. The number of carbonyl (C=O) groups is 1. The van der Waals surface area contributed by atoms with Gasteiger partial charge in [0.15, 0.2) is 5.69 Å². The zero-order chi connectivity index (χ0) is 17.6. The van der Waals surface area contributed by atoms with E-state index >= 15 is 0 Å². The molecule has 0 saturated carbocycles. The molecular weight excluding hydrogens is 322 g/mol. The van der Waals surface area contributed by atoms with Crippen molar-refractivity contribution in [1.29, 1.82) is 0 Å². The summed E-state index contributed by atoms with van der Waals surface area (Å²) in [7, 11) is 3.38. The van der Waals surface area contributed by atoms with Gasteiger partial charge in [0.05, 0.1) is 18.9 Å². The molecule has 0 bridgehead atoms. The molecule has 1 atom stereocenters. The zero-order valence-corrected chi connectivity index (χ0v) is 14.5. The number of ether oxygens (including phenoxy) is 3. The first-order valence-electron chi connectivity index (χ1n) is 8.34. The van der Waals surface area contributed by atoms with Gasteiger partial charge in [-0.25, -0.2) is 0 Å². The van der Waals surface area contributed by atoms with Gasteiger partial charge in [-0.05, 0) is 31.0 Å². The molecule has 7 nitrogen and oxygen atoms in total. The highest BCUT2D eigenvalue weighted by Gasteiger charge is 2.22. The minimum Gasteiger partial charge on any atom is -0.497 e. The Labute approximate surface area is 146 Å². The van der Waals surface area contributed by atoms with E-state index in [0.29, 0.717) is 24.6 Å². The number of hydrogen-bond acceptors (Lipinski definition) is 5. The number of likely N-dealkylation sites (N-methyl/N-ethyl adjacent to an activating group) is 1. The van der Waals surface area contributed by atoms with Crippen molar-refractivity contribution in [2.75, 3.05) is 27.3 Å². The first kappa shape index (κ1) is 17.3. The maximum absolute atomic E-state index is 12.4. The molecule has 1 fully saturated rings. The molecule has 1 aliphatic rings. The second-order valence-electron chi connectivity index (χ2n) is 6.07. The summed E-state index contributed by atoms with van der Waals surface area (Å²) in [5.74, 6) is 1.30. The highest BCUT2D eigenvalue weighted by atomic mass is 16.5. The fraction of sp³-hybridized carbons (Fsp3) is 0.444. The lowest BCUT2D eigenvalue weighted by Gasteiger charge is -2.19. The van der Waals surface area contributed by atoms with Gasteiger partial charge >= 0.3 is 0 Å². The predicted molar refractivity (Wildman–Crippen MR) is 91.8 cm³/mol. The molecule has 7 heteroatoms. The number of methoxy groups -OCH3 is 1. The second kappa shape index (κ2) is 8.02. The van der Waals surface area contributed by atoms with Crippen LogP contribution in [-0.4, -0.2) is 54.4 Å². The summed E-state index contributed by atoms with van der Waals surface area (Å²) in [6.45, 7) is 1.66. The monoisotopic (exact) mass is 345 g/mol. The second-order valence-corrected chi connectivity index (χ2v) is 6.07. The van der Waals surface area contributed by atoms with Gasteiger partial charge < -0.3 is 19.1 Å². The fourth-order valence-corrected chi connectivity index (χ4v) is 2.77. The summed E-state index contributed by atoms with van der Waals surface area (Å²) in [6.07, 6.45) is 2.18. The van der Waals surface area contributed by atoms with Gasteiger partial charge in [-0.3, -0.25) is 9.89 Å². The summed E-state index contributed by atoms with van der Waals surface area (Å²) < 4.78 is 16.4. The third kappa shape index (κ3) is 4.51. The Hall–Kier alpha value is -2.54. The molecule has 0 aliphatic carbocycles. The number of nitrogens with zero attached hydrogens (tertiary/aromatic N) is 2. The zero-order valence-electron chi connectivity index (χ0n) is 14.5. The first-order chi connectivity index (χ1) is 12.2. The van der Waals surface area contributed by atoms with E-state index in [1.165, 1.54) is 0 Å². The van der Waals surface area contributed by atoms with Gasteiger partial charge in [-0.15, -0.1) is 0 Å². The van der Waals surface area contributed by atoms with Crippen LogP contribution in [0, 0.1) is 0 Å². The molecule has 0 radical (unpaired) electrons. The molecular formula is C18H23N3O4. The molecule has 25 heavy (non-hydrogen) atoms. The summed E-state index contributed by atoms with van der Waals surface area (Å²) in [6, 6.07) is 9.08. The van der Waals surface area contributed by atoms with Crippen molar-refractivity contribution in [1.82, 2.24) is 15.1 Å². The predicted octanol–water partition coefficient (Wildman–Crippen LogP) is 2.25. The number of carbonyl (C=O) groups excluding carboxylic acids is 1.